The van der Waals surface area contributed by atoms with Gasteiger partial charge < -0.3 is 10.4 Å². The molecule has 0 bridgehead atoms. The lowest BCUT2D eigenvalue weighted by Gasteiger charge is -2.06. The summed E-state index contributed by atoms with van der Waals surface area (Å²) in [5.41, 5.74) is 3.37. The number of benzene rings is 3. The summed E-state index contributed by atoms with van der Waals surface area (Å²) in [6.07, 6.45) is 0. The summed E-state index contributed by atoms with van der Waals surface area (Å²) in [5, 5.41) is 12.2. The number of carbonyl (C=O) groups is 1. The third-order valence-electron chi connectivity index (χ3n) is 3.38. The molecule has 0 aliphatic rings. The zero-order valence-corrected chi connectivity index (χ0v) is 13.9. The summed E-state index contributed by atoms with van der Waals surface area (Å²) in [6.45, 7) is 4.00. The zero-order chi connectivity index (χ0) is 17.4. The monoisotopic (exact) mass is 319 g/mol. The molecule has 2 N–H and O–H groups in total. The molecular weight excluding hydrogens is 298 g/mol. The van der Waals surface area contributed by atoms with E-state index in [2.05, 4.69) is 5.32 Å². The minimum atomic E-state index is -0.136. The van der Waals surface area contributed by atoms with Crippen LogP contribution in [-0.2, 0) is 0 Å². The van der Waals surface area contributed by atoms with Crippen molar-refractivity contribution in [2.75, 3.05) is 5.32 Å². The highest BCUT2D eigenvalue weighted by Crippen LogP contribution is 2.22. The average Bonchev–Trinajstić information content (AvgIpc) is 2.65. The maximum atomic E-state index is 12.2. The number of aromatic hydroxyl groups is 1. The lowest BCUT2D eigenvalue weighted by Crippen LogP contribution is -2.11. The quantitative estimate of drug-likeness (QED) is 0.685. The number of carbonyl (C=O) groups excluding carboxylic acids is 1. The molecule has 0 saturated heterocycles. The lowest BCUT2D eigenvalue weighted by atomic mass is 10.0. The molecule has 0 aliphatic carbocycles. The molecule has 1 amide bonds. The van der Waals surface area contributed by atoms with Gasteiger partial charge in [0.1, 0.15) is 5.75 Å². The Balaban J connectivity index is 0.00000100. The number of phenolic OH excluding ortho intramolecular Hbond substituents is 1. The summed E-state index contributed by atoms with van der Waals surface area (Å²) >= 11 is 0. The number of anilines is 1. The minimum absolute atomic E-state index is 0.136. The van der Waals surface area contributed by atoms with Crippen LogP contribution in [0, 0.1) is 0 Å². The molecule has 0 aromatic heterocycles. The lowest BCUT2D eigenvalue weighted by molar-refractivity contribution is 0.102. The van der Waals surface area contributed by atoms with Crippen molar-refractivity contribution in [3.8, 4) is 16.9 Å². The van der Waals surface area contributed by atoms with Crippen LogP contribution in [-0.4, -0.2) is 11.0 Å². The van der Waals surface area contributed by atoms with E-state index in [-0.39, 0.29) is 11.7 Å². The highest BCUT2D eigenvalue weighted by Gasteiger charge is 2.06. The SMILES string of the molecule is CC.O=C(Nc1ccccc1)c1ccc(-c2ccc(O)cc2)cc1. The summed E-state index contributed by atoms with van der Waals surface area (Å²) in [6, 6.07) is 23.7. The van der Waals surface area contributed by atoms with Crippen molar-refractivity contribution < 1.29 is 9.90 Å². The van der Waals surface area contributed by atoms with Crippen molar-refractivity contribution in [2.24, 2.45) is 0 Å². The minimum Gasteiger partial charge on any atom is -0.508 e. The van der Waals surface area contributed by atoms with Gasteiger partial charge in [-0.15, -0.1) is 0 Å². The van der Waals surface area contributed by atoms with Crippen LogP contribution in [0.4, 0.5) is 5.69 Å². The topological polar surface area (TPSA) is 49.3 Å². The van der Waals surface area contributed by atoms with E-state index in [4.69, 9.17) is 0 Å². The van der Waals surface area contributed by atoms with Crippen LogP contribution in [0.15, 0.2) is 78.9 Å². The standard InChI is InChI=1S/C19H15NO2.C2H6/c21-18-12-10-15(11-13-18)14-6-8-16(9-7-14)19(22)20-17-4-2-1-3-5-17;1-2/h1-13,21H,(H,20,22);1-2H3. The van der Waals surface area contributed by atoms with Gasteiger partial charge in [-0.3, -0.25) is 4.79 Å². The number of rotatable bonds is 3. The molecule has 0 saturated carbocycles. The van der Waals surface area contributed by atoms with Crippen molar-refractivity contribution in [1.29, 1.82) is 0 Å². The summed E-state index contributed by atoms with van der Waals surface area (Å²) in [4.78, 5) is 12.2. The molecule has 0 atom stereocenters. The predicted octanol–water partition coefficient (Wildman–Crippen LogP) is 5.34. The molecule has 24 heavy (non-hydrogen) atoms. The van der Waals surface area contributed by atoms with Gasteiger partial charge in [0.2, 0.25) is 0 Å². The first-order chi connectivity index (χ1) is 11.7. The average molecular weight is 319 g/mol. The van der Waals surface area contributed by atoms with Gasteiger partial charge in [-0.05, 0) is 47.5 Å². The fraction of sp³-hybridized carbons (Fsp3) is 0.0952. The third-order valence-corrected chi connectivity index (χ3v) is 3.38. The maximum absolute atomic E-state index is 12.2. The first-order valence-corrected chi connectivity index (χ1v) is 7.98. The Bertz CT molecular complexity index is 763. The highest BCUT2D eigenvalue weighted by molar-refractivity contribution is 6.04. The summed E-state index contributed by atoms with van der Waals surface area (Å²) < 4.78 is 0. The Morgan fingerprint density at radius 3 is 1.79 bits per heavy atom. The number of para-hydroxylation sites is 1. The Morgan fingerprint density at radius 2 is 1.25 bits per heavy atom. The Hall–Kier alpha value is -3.07. The molecule has 0 unspecified atom stereocenters. The van der Waals surface area contributed by atoms with Crippen LogP contribution in [0.3, 0.4) is 0 Å². The van der Waals surface area contributed by atoms with E-state index in [1.54, 1.807) is 24.3 Å². The first-order valence-electron chi connectivity index (χ1n) is 7.98. The Kier molecular flexibility index (Phi) is 6.15. The van der Waals surface area contributed by atoms with Crippen LogP contribution in [0.1, 0.15) is 24.2 Å². The first kappa shape index (κ1) is 17.3. The van der Waals surface area contributed by atoms with Gasteiger partial charge in [0.05, 0.1) is 0 Å². The molecular formula is C21H21NO2. The fourth-order valence-corrected chi connectivity index (χ4v) is 2.19. The molecule has 0 aliphatic heterocycles. The molecule has 0 radical (unpaired) electrons. The van der Waals surface area contributed by atoms with Gasteiger partial charge in [0.15, 0.2) is 0 Å². The van der Waals surface area contributed by atoms with Gasteiger partial charge in [-0.1, -0.05) is 56.3 Å². The van der Waals surface area contributed by atoms with E-state index >= 15 is 0 Å². The van der Waals surface area contributed by atoms with E-state index < -0.39 is 0 Å². The molecule has 3 rings (SSSR count). The number of hydrogen-bond donors (Lipinski definition) is 2. The fourth-order valence-electron chi connectivity index (χ4n) is 2.19. The van der Waals surface area contributed by atoms with Crippen LogP contribution in [0.2, 0.25) is 0 Å². The second kappa shape index (κ2) is 8.53. The van der Waals surface area contributed by atoms with Crippen molar-refractivity contribution in [3.63, 3.8) is 0 Å². The maximum Gasteiger partial charge on any atom is 0.255 e. The number of nitrogens with one attached hydrogen (secondary N) is 1. The van der Waals surface area contributed by atoms with Crippen molar-refractivity contribution in [2.45, 2.75) is 13.8 Å². The van der Waals surface area contributed by atoms with E-state index in [1.807, 2.05) is 68.4 Å². The highest BCUT2D eigenvalue weighted by atomic mass is 16.3. The molecule has 0 fully saturated rings. The van der Waals surface area contributed by atoms with Crippen molar-refractivity contribution in [1.82, 2.24) is 0 Å². The van der Waals surface area contributed by atoms with Crippen molar-refractivity contribution >= 4 is 11.6 Å². The number of hydrogen-bond acceptors (Lipinski definition) is 2. The van der Waals surface area contributed by atoms with Gasteiger partial charge >= 0.3 is 0 Å². The van der Waals surface area contributed by atoms with Crippen LogP contribution in [0.5, 0.6) is 5.75 Å². The van der Waals surface area contributed by atoms with E-state index in [0.29, 0.717) is 5.56 Å². The normalized spacial score (nSPS) is 9.58. The van der Waals surface area contributed by atoms with Gasteiger partial charge in [-0.2, -0.15) is 0 Å². The van der Waals surface area contributed by atoms with E-state index in [0.717, 1.165) is 16.8 Å². The molecule has 0 spiro atoms. The Morgan fingerprint density at radius 1 is 0.750 bits per heavy atom. The van der Waals surface area contributed by atoms with Crippen LogP contribution < -0.4 is 5.32 Å². The largest absolute Gasteiger partial charge is 0.508 e. The van der Waals surface area contributed by atoms with E-state index in [1.165, 1.54) is 0 Å². The summed E-state index contributed by atoms with van der Waals surface area (Å²) in [5.74, 6) is 0.103. The van der Waals surface area contributed by atoms with Crippen molar-refractivity contribution in [3.05, 3.63) is 84.4 Å². The molecule has 122 valence electrons. The number of phenols is 1. The van der Waals surface area contributed by atoms with Crippen LogP contribution in [0.25, 0.3) is 11.1 Å². The van der Waals surface area contributed by atoms with E-state index in [9.17, 15) is 9.90 Å². The number of amides is 1. The van der Waals surface area contributed by atoms with Crippen LogP contribution >= 0.6 is 0 Å². The molecule has 0 heterocycles. The summed E-state index contributed by atoms with van der Waals surface area (Å²) in [7, 11) is 0. The molecule has 3 heteroatoms. The molecule has 3 nitrogen and oxygen atoms in total. The van der Waals surface area contributed by atoms with Gasteiger partial charge in [-0.25, -0.2) is 0 Å². The second-order valence-corrected chi connectivity index (χ2v) is 4.94. The predicted molar refractivity (Wildman–Crippen MR) is 99.3 cm³/mol. The molecule has 3 aromatic carbocycles. The second-order valence-electron chi connectivity index (χ2n) is 4.94. The third kappa shape index (κ3) is 4.46. The Labute approximate surface area is 142 Å². The smallest absolute Gasteiger partial charge is 0.255 e. The molecule has 3 aromatic rings. The zero-order valence-electron chi connectivity index (χ0n) is 13.9. The van der Waals surface area contributed by atoms with Gasteiger partial charge in [0.25, 0.3) is 5.91 Å². The van der Waals surface area contributed by atoms with Gasteiger partial charge in [0, 0.05) is 11.3 Å².